The van der Waals surface area contributed by atoms with Crippen LogP contribution in [0.3, 0.4) is 0 Å². The molecule has 0 saturated carbocycles. The average molecular weight is 547 g/mol. The van der Waals surface area contributed by atoms with Gasteiger partial charge in [-0.3, -0.25) is 4.99 Å². The van der Waals surface area contributed by atoms with E-state index in [1.54, 1.807) is 11.8 Å². The first kappa shape index (κ1) is 27.7. The van der Waals surface area contributed by atoms with Gasteiger partial charge < -0.3 is 10.2 Å². The minimum absolute atomic E-state index is 0.0570. The molecule has 2 aliphatic carbocycles. The summed E-state index contributed by atoms with van der Waals surface area (Å²) in [4.78, 5) is 14.4. The van der Waals surface area contributed by atoms with Gasteiger partial charge in [-0.15, -0.1) is 0 Å². The fourth-order valence-electron chi connectivity index (χ4n) is 5.83. The largest absolute Gasteiger partial charge is 0.348 e. The lowest BCUT2D eigenvalue weighted by Gasteiger charge is -2.41. The first-order valence-corrected chi connectivity index (χ1v) is 14.7. The highest BCUT2D eigenvalue weighted by atomic mass is 32.2. The zero-order chi connectivity index (χ0) is 28.3. The molecular weight excluding hydrogens is 508 g/mol. The fourth-order valence-corrected chi connectivity index (χ4v) is 6.96. The van der Waals surface area contributed by atoms with Crippen molar-refractivity contribution in [1.29, 1.82) is 0 Å². The van der Waals surface area contributed by atoms with Crippen LogP contribution in [0.4, 0.5) is 0 Å². The van der Waals surface area contributed by atoms with Crippen LogP contribution in [-0.2, 0) is 0 Å². The van der Waals surface area contributed by atoms with Gasteiger partial charge >= 0.3 is 0 Å². The Hall–Kier alpha value is -3.83. The predicted molar refractivity (Wildman–Crippen MR) is 174 cm³/mol. The summed E-state index contributed by atoms with van der Waals surface area (Å²) in [5.41, 5.74) is 7.24. The van der Waals surface area contributed by atoms with Crippen molar-refractivity contribution in [1.82, 2.24) is 10.2 Å². The molecule has 4 aliphatic rings. The number of thioether (sulfide) groups is 1. The van der Waals surface area contributed by atoms with Gasteiger partial charge in [-0.2, -0.15) is 0 Å². The van der Waals surface area contributed by atoms with Crippen molar-refractivity contribution in [3.8, 4) is 0 Å². The molecule has 2 aliphatic heterocycles. The van der Waals surface area contributed by atoms with Crippen molar-refractivity contribution < 1.29 is 0 Å². The Balaban J connectivity index is 1.64. The molecule has 0 aromatic heterocycles. The van der Waals surface area contributed by atoms with Gasteiger partial charge in [0.05, 0.1) is 17.3 Å². The molecule has 204 valence electrons. The lowest BCUT2D eigenvalue weighted by molar-refractivity contribution is 0.307. The highest BCUT2D eigenvalue weighted by molar-refractivity contribution is 8.06. The van der Waals surface area contributed by atoms with Crippen molar-refractivity contribution in [2.24, 2.45) is 9.98 Å². The normalized spacial score (nSPS) is 26.6. The molecule has 5 heteroatoms. The maximum atomic E-state index is 5.25. The standard InChI is InChI=1S/C35H38N4S/c1-24(28-14-8-7-9-15-28)19-20-32-26(3)31-17-12-13-21-35(31,5)39(32)34-37-27(4)30-16-10-11-18-33(30)40-25(2)22-29(38-34)23-36-6/h7-10,12-17,19-20,23,29H,1-2,4,11,18,21-22H2,3,5-6H3,(H,37,38)/b20-19-,36-23-/t29?,35-/m1/s1. The quantitative estimate of drug-likeness (QED) is 0.305. The van der Waals surface area contributed by atoms with Gasteiger partial charge in [-0.05, 0) is 71.3 Å². The minimum atomic E-state index is -0.303. The van der Waals surface area contributed by atoms with E-state index in [0.717, 1.165) is 64.7 Å². The molecule has 4 nitrogen and oxygen atoms in total. The average Bonchev–Trinajstić information content (AvgIpc) is 3.17. The van der Waals surface area contributed by atoms with E-state index in [-0.39, 0.29) is 11.6 Å². The molecule has 0 spiro atoms. The van der Waals surface area contributed by atoms with Gasteiger partial charge in [-0.1, -0.05) is 98.3 Å². The fraction of sp³-hybridized carbons (Fsp3) is 0.257. The smallest absolute Gasteiger partial charge is 0.205 e. The van der Waals surface area contributed by atoms with E-state index in [9.17, 15) is 0 Å². The van der Waals surface area contributed by atoms with Crippen molar-refractivity contribution >= 4 is 29.5 Å². The maximum absolute atomic E-state index is 5.25. The van der Waals surface area contributed by atoms with Gasteiger partial charge in [0.1, 0.15) is 0 Å². The van der Waals surface area contributed by atoms with Crippen molar-refractivity contribution in [3.05, 3.63) is 136 Å². The summed E-state index contributed by atoms with van der Waals surface area (Å²) in [5, 5.41) is 3.75. The third-order valence-corrected chi connectivity index (χ3v) is 8.98. The maximum Gasteiger partial charge on any atom is 0.205 e. The number of rotatable bonds is 4. The number of hydrogen-bond donors (Lipinski definition) is 1. The SMILES string of the molecule is C=C1CC(/C=N\C)N/C(N2C(/C=C\C(=C)c3ccccc3)=C(C)C3=CC=CC[C@]32C)=N\C(=C)C2=C(CCC=C2)S1. The number of allylic oxidation sites excluding steroid dienone is 8. The third-order valence-electron chi connectivity index (χ3n) is 7.85. The third kappa shape index (κ3) is 5.44. The summed E-state index contributed by atoms with van der Waals surface area (Å²) in [7, 11) is 1.82. The molecule has 0 saturated heterocycles. The summed E-state index contributed by atoms with van der Waals surface area (Å²) < 4.78 is 0. The molecule has 1 aromatic rings. The van der Waals surface area contributed by atoms with E-state index in [4.69, 9.17) is 4.99 Å². The first-order chi connectivity index (χ1) is 19.3. The highest BCUT2D eigenvalue weighted by Crippen LogP contribution is 2.47. The number of hydrogen-bond acceptors (Lipinski definition) is 5. The molecule has 40 heavy (non-hydrogen) atoms. The molecule has 1 aromatic carbocycles. The zero-order valence-electron chi connectivity index (χ0n) is 23.8. The Labute approximate surface area is 243 Å². The van der Waals surface area contributed by atoms with Gasteiger partial charge in [0, 0.05) is 31.0 Å². The lowest BCUT2D eigenvalue weighted by Crippen LogP contribution is -2.54. The number of fused-ring (bicyclic) bond motifs is 1. The molecule has 2 heterocycles. The van der Waals surface area contributed by atoms with Crippen LogP contribution in [0.1, 0.15) is 45.1 Å². The van der Waals surface area contributed by atoms with E-state index >= 15 is 0 Å². The van der Waals surface area contributed by atoms with Crippen LogP contribution in [0.2, 0.25) is 0 Å². The molecule has 0 fully saturated rings. The van der Waals surface area contributed by atoms with Gasteiger partial charge in [0.15, 0.2) is 0 Å². The number of aliphatic imine (C=N–C) groups is 2. The molecule has 1 unspecified atom stereocenters. The van der Waals surface area contributed by atoms with Crippen LogP contribution in [0.5, 0.6) is 0 Å². The Kier molecular flexibility index (Phi) is 8.13. The van der Waals surface area contributed by atoms with E-state index in [2.05, 4.69) is 103 Å². The Bertz CT molecular complexity index is 1480. The Morgan fingerprint density at radius 2 is 2.02 bits per heavy atom. The number of nitrogens with one attached hydrogen (secondary N) is 1. The topological polar surface area (TPSA) is 40.0 Å². The Morgan fingerprint density at radius 3 is 2.80 bits per heavy atom. The van der Waals surface area contributed by atoms with Gasteiger partial charge in [0.2, 0.25) is 5.96 Å². The molecular formula is C35H38N4S. The number of benzene rings is 1. The molecule has 2 atom stereocenters. The summed E-state index contributed by atoms with van der Waals surface area (Å²) in [6, 6.07) is 10.2. The summed E-state index contributed by atoms with van der Waals surface area (Å²) in [6.45, 7) is 17.7. The van der Waals surface area contributed by atoms with Crippen LogP contribution in [0, 0.1) is 0 Å². The lowest BCUT2D eigenvalue weighted by atomic mass is 9.83. The van der Waals surface area contributed by atoms with Crippen LogP contribution in [0.25, 0.3) is 5.57 Å². The highest BCUT2D eigenvalue weighted by Gasteiger charge is 2.46. The van der Waals surface area contributed by atoms with Crippen molar-refractivity contribution in [3.63, 3.8) is 0 Å². The second-order valence-corrected chi connectivity index (χ2v) is 12.0. The van der Waals surface area contributed by atoms with Crippen molar-refractivity contribution in [2.75, 3.05) is 7.05 Å². The van der Waals surface area contributed by atoms with E-state index < -0.39 is 0 Å². The van der Waals surface area contributed by atoms with Crippen LogP contribution in [-0.4, -0.2) is 35.7 Å². The van der Waals surface area contributed by atoms with E-state index in [1.807, 2.05) is 31.5 Å². The monoisotopic (exact) mass is 546 g/mol. The number of nitrogens with zero attached hydrogens (tertiary/aromatic N) is 3. The second kappa shape index (κ2) is 11.7. The number of guanidine groups is 1. The molecule has 5 rings (SSSR count). The van der Waals surface area contributed by atoms with Crippen molar-refractivity contribution in [2.45, 2.75) is 51.1 Å². The second-order valence-electron chi connectivity index (χ2n) is 10.7. The molecule has 0 radical (unpaired) electrons. The summed E-state index contributed by atoms with van der Waals surface area (Å²) >= 11 is 1.76. The van der Waals surface area contributed by atoms with Crippen LogP contribution >= 0.6 is 11.8 Å². The van der Waals surface area contributed by atoms with Crippen LogP contribution < -0.4 is 5.32 Å². The van der Waals surface area contributed by atoms with E-state index in [1.165, 1.54) is 16.1 Å². The van der Waals surface area contributed by atoms with Crippen LogP contribution in [0.15, 0.2) is 141 Å². The minimum Gasteiger partial charge on any atom is -0.348 e. The van der Waals surface area contributed by atoms with E-state index in [0.29, 0.717) is 0 Å². The van der Waals surface area contributed by atoms with Gasteiger partial charge in [-0.25, -0.2) is 4.99 Å². The Morgan fingerprint density at radius 1 is 1.23 bits per heavy atom. The predicted octanol–water partition coefficient (Wildman–Crippen LogP) is 8.27. The molecule has 0 bridgehead atoms. The summed E-state index contributed by atoms with van der Waals surface area (Å²) in [6.07, 6.45) is 20.9. The molecule has 1 N–H and O–H groups in total. The summed E-state index contributed by atoms with van der Waals surface area (Å²) in [5.74, 6) is 0.769. The van der Waals surface area contributed by atoms with Gasteiger partial charge in [0.25, 0.3) is 0 Å². The first-order valence-electron chi connectivity index (χ1n) is 13.8. The zero-order valence-corrected chi connectivity index (χ0v) is 24.6. The molecule has 0 amide bonds.